The number of alkyl halides is 1. The van der Waals surface area contributed by atoms with Crippen molar-refractivity contribution in [1.29, 1.82) is 0 Å². The van der Waals surface area contributed by atoms with E-state index in [1.807, 2.05) is 12.1 Å². The third kappa shape index (κ3) is 3.20. The van der Waals surface area contributed by atoms with Crippen LogP contribution in [0.4, 0.5) is 0 Å². The van der Waals surface area contributed by atoms with Crippen LogP contribution in [0.25, 0.3) is 0 Å². The predicted molar refractivity (Wildman–Crippen MR) is 66.6 cm³/mol. The van der Waals surface area contributed by atoms with Gasteiger partial charge in [-0.15, -0.1) is 22.9 Å². The van der Waals surface area contributed by atoms with Crippen molar-refractivity contribution in [1.82, 2.24) is 0 Å². The Hall–Kier alpha value is -0.0600. The molecule has 1 rings (SSSR count). The van der Waals surface area contributed by atoms with Crippen molar-refractivity contribution in [3.05, 3.63) is 21.9 Å². The Morgan fingerprint density at radius 2 is 2.07 bits per heavy atom. The van der Waals surface area contributed by atoms with E-state index in [9.17, 15) is 8.42 Å². The number of thiophene rings is 1. The van der Waals surface area contributed by atoms with E-state index in [1.165, 1.54) is 11.1 Å². The van der Waals surface area contributed by atoms with Gasteiger partial charge in [-0.05, 0) is 25.5 Å². The lowest BCUT2D eigenvalue weighted by molar-refractivity contribution is 0.587. The lowest BCUT2D eigenvalue weighted by Gasteiger charge is -2.14. The Morgan fingerprint density at radius 1 is 1.47 bits per heavy atom. The van der Waals surface area contributed by atoms with E-state index in [-0.39, 0.29) is 0 Å². The van der Waals surface area contributed by atoms with Gasteiger partial charge in [-0.2, -0.15) is 0 Å². The molecule has 5 heteroatoms. The third-order valence-electron chi connectivity index (χ3n) is 2.39. The first-order valence-electron chi connectivity index (χ1n) is 4.77. The van der Waals surface area contributed by atoms with Crippen molar-refractivity contribution in [2.24, 2.45) is 0 Å². The lowest BCUT2D eigenvalue weighted by Crippen LogP contribution is -2.20. The van der Waals surface area contributed by atoms with Crippen molar-refractivity contribution in [3.63, 3.8) is 0 Å². The summed E-state index contributed by atoms with van der Waals surface area (Å²) in [5, 5.41) is -0.979. The first kappa shape index (κ1) is 13.0. The minimum atomic E-state index is -3.07. The van der Waals surface area contributed by atoms with Crippen LogP contribution in [0.1, 0.15) is 29.0 Å². The van der Waals surface area contributed by atoms with Crippen LogP contribution in [0.2, 0.25) is 0 Å². The number of hydrogen-bond donors (Lipinski definition) is 0. The summed E-state index contributed by atoms with van der Waals surface area (Å²) in [6, 6.07) is 3.92. The number of aryl methyl sites for hydroxylation is 1. The minimum absolute atomic E-state index is 0.440. The monoisotopic (exact) mass is 266 g/mol. The molecular formula is C10H15ClO2S2. The highest BCUT2D eigenvalue weighted by molar-refractivity contribution is 7.91. The highest BCUT2D eigenvalue weighted by Gasteiger charge is 2.26. The Balaban J connectivity index is 2.89. The molecule has 0 aliphatic heterocycles. The van der Waals surface area contributed by atoms with Gasteiger partial charge < -0.3 is 0 Å². The fourth-order valence-electron chi connectivity index (χ4n) is 1.18. The fourth-order valence-corrected chi connectivity index (χ4v) is 3.65. The van der Waals surface area contributed by atoms with Gasteiger partial charge in [0.2, 0.25) is 0 Å². The summed E-state index contributed by atoms with van der Waals surface area (Å²) in [7, 11) is -3.07. The SMILES string of the molecule is CCc1ccc(C(Cl)C(C)S(C)(=O)=O)s1. The number of sulfone groups is 1. The van der Waals surface area contributed by atoms with E-state index in [0.29, 0.717) is 0 Å². The van der Waals surface area contributed by atoms with E-state index >= 15 is 0 Å². The van der Waals surface area contributed by atoms with Crippen LogP contribution in [0.5, 0.6) is 0 Å². The lowest BCUT2D eigenvalue weighted by atomic mass is 10.2. The van der Waals surface area contributed by atoms with E-state index < -0.39 is 20.5 Å². The average Bonchev–Trinajstić information content (AvgIpc) is 2.62. The van der Waals surface area contributed by atoms with E-state index in [0.717, 1.165) is 11.3 Å². The van der Waals surface area contributed by atoms with Gasteiger partial charge in [0.25, 0.3) is 0 Å². The molecule has 0 aliphatic rings. The molecule has 0 spiro atoms. The molecule has 1 aromatic rings. The summed E-state index contributed by atoms with van der Waals surface area (Å²) < 4.78 is 22.7. The highest BCUT2D eigenvalue weighted by Crippen LogP contribution is 2.33. The molecular weight excluding hydrogens is 252 g/mol. The van der Waals surface area contributed by atoms with E-state index in [4.69, 9.17) is 11.6 Å². The Kier molecular flexibility index (Phi) is 4.20. The molecule has 0 aliphatic carbocycles. The Morgan fingerprint density at radius 3 is 2.47 bits per heavy atom. The summed E-state index contributed by atoms with van der Waals surface area (Å²) in [6.45, 7) is 3.72. The topological polar surface area (TPSA) is 34.1 Å². The molecule has 0 bridgehead atoms. The van der Waals surface area contributed by atoms with Gasteiger partial charge in [-0.1, -0.05) is 6.92 Å². The quantitative estimate of drug-likeness (QED) is 0.785. The zero-order valence-electron chi connectivity index (χ0n) is 9.03. The zero-order valence-corrected chi connectivity index (χ0v) is 11.4. The van der Waals surface area contributed by atoms with Crippen LogP contribution in [0, 0.1) is 0 Å². The maximum atomic E-state index is 11.3. The Bertz CT molecular complexity index is 422. The van der Waals surface area contributed by atoms with Crippen LogP contribution in [-0.4, -0.2) is 19.9 Å². The smallest absolute Gasteiger partial charge is 0.151 e. The standard InChI is InChI=1S/C10H15ClO2S2/c1-4-8-5-6-9(14-8)10(11)7(2)15(3,12)13/h5-7,10H,4H2,1-3H3. The molecule has 2 nitrogen and oxygen atoms in total. The predicted octanol–water partition coefficient (Wildman–Crippen LogP) is 3.02. The first-order valence-corrected chi connectivity index (χ1v) is 7.98. The summed E-state index contributed by atoms with van der Waals surface area (Å²) in [5.74, 6) is 0. The van der Waals surface area contributed by atoms with Gasteiger partial charge in [0, 0.05) is 16.0 Å². The molecule has 0 aromatic carbocycles. The van der Waals surface area contributed by atoms with Gasteiger partial charge in [0.15, 0.2) is 9.84 Å². The summed E-state index contributed by atoms with van der Waals surface area (Å²) >= 11 is 7.73. The molecule has 0 amide bonds. The molecule has 1 aromatic heterocycles. The summed E-state index contributed by atoms with van der Waals surface area (Å²) in [4.78, 5) is 2.17. The van der Waals surface area contributed by atoms with Crippen LogP contribution in [0.15, 0.2) is 12.1 Å². The largest absolute Gasteiger partial charge is 0.229 e. The maximum absolute atomic E-state index is 11.3. The molecule has 0 fully saturated rings. The van der Waals surface area contributed by atoms with Crippen molar-refractivity contribution in [3.8, 4) is 0 Å². The second-order valence-corrected chi connectivity index (χ2v) is 7.67. The molecule has 0 N–H and O–H groups in total. The number of hydrogen-bond acceptors (Lipinski definition) is 3. The molecule has 0 saturated carbocycles. The van der Waals surface area contributed by atoms with Gasteiger partial charge in [-0.3, -0.25) is 0 Å². The van der Waals surface area contributed by atoms with Crippen LogP contribution < -0.4 is 0 Å². The van der Waals surface area contributed by atoms with Gasteiger partial charge in [0.1, 0.15) is 0 Å². The van der Waals surface area contributed by atoms with Crippen LogP contribution in [0.3, 0.4) is 0 Å². The number of halogens is 1. The summed E-state index contributed by atoms with van der Waals surface area (Å²) in [5.41, 5.74) is 0. The average molecular weight is 267 g/mol. The van der Waals surface area contributed by atoms with Crippen molar-refractivity contribution >= 4 is 32.8 Å². The zero-order chi connectivity index (χ0) is 11.6. The Labute approximate surface area is 100 Å². The molecule has 15 heavy (non-hydrogen) atoms. The van der Waals surface area contributed by atoms with Crippen molar-refractivity contribution < 1.29 is 8.42 Å². The van der Waals surface area contributed by atoms with Crippen LogP contribution >= 0.6 is 22.9 Å². The second kappa shape index (κ2) is 4.85. The minimum Gasteiger partial charge on any atom is -0.229 e. The number of rotatable bonds is 4. The second-order valence-electron chi connectivity index (χ2n) is 3.59. The van der Waals surface area contributed by atoms with E-state index in [1.54, 1.807) is 18.3 Å². The summed E-state index contributed by atoms with van der Waals surface area (Å²) in [6.07, 6.45) is 2.18. The molecule has 2 unspecified atom stereocenters. The van der Waals surface area contributed by atoms with Crippen LogP contribution in [-0.2, 0) is 16.3 Å². The molecule has 0 saturated heterocycles. The molecule has 86 valence electrons. The van der Waals surface area contributed by atoms with Gasteiger partial charge in [0.05, 0.1) is 10.6 Å². The van der Waals surface area contributed by atoms with Crippen molar-refractivity contribution in [2.45, 2.75) is 30.9 Å². The molecule has 1 heterocycles. The van der Waals surface area contributed by atoms with Gasteiger partial charge in [-0.25, -0.2) is 8.42 Å². The van der Waals surface area contributed by atoms with E-state index in [2.05, 4.69) is 6.92 Å². The third-order valence-corrected chi connectivity index (χ3v) is 6.22. The maximum Gasteiger partial charge on any atom is 0.151 e. The fraction of sp³-hybridized carbons (Fsp3) is 0.600. The molecule has 2 atom stereocenters. The van der Waals surface area contributed by atoms with Crippen molar-refractivity contribution in [2.75, 3.05) is 6.26 Å². The normalized spacial score (nSPS) is 16.3. The molecule has 0 radical (unpaired) electrons. The highest BCUT2D eigenvalue weighted by atomic mass is 35.5. The first-order chi connectivity index (χ1) is 6.86. The van der Waals surface area contributed by atoms with Gasteiger partial charge >= 0.3 is 0 Å².